The molecule has 2 aromatic rings. The van der Waals surface area contributed by atoms with Gasteiger partial charge in [0.05, 0.1) is 4.92 Å². The Kier molecular flexibility index (Phi) is 4.93. The molecule has 0 aliphatic rings. The number of carbonyl (C=O) groups excluding carboxylic acids is 1. The summed E-state index contributed by atoms with van der Waals surface area (Å²) < 4.78 is 0. The maximum Gasteiger partial charge on any atom is 0.271 e. The van der Waals surface area contributed by atoms with Crippen molar-refractivity contribution in [1.82, 2.24) is 0 Å². The molecule has 0 aliphatic heterocycles. The van der Waals surface area contributed by atoms with Crippen LogP contribution in [0.3, 0.4) is 0 Å². The Morgan fingerprint density at radius 2 is 1.90 bits per heavy atom. The van der Waals surface area contributed by atoms with Gasteiger partial charge in [-0.25, -0.2) is 0 Å². The second kappa shape index (κ2) is 6.69. The molecule has 5 nitrogen and oxygen atoms in total. The molecule has 0 fully saturated rings. The maximum atomic E-state index is 12.1. The van der Waals surface area contributed by atoms with E-state index in [0.29, 0.717) is 5.69 Å². The third kappa shape index (κ3) is 4.03. The smallest absolute Gasteiger partial charge is 0.271 e. The lowest BCUT2D eigenvalue weighted by atomic mass is 10.1. The van der Waals surface area contributed by atoms with Gasteiger partial charge in [0.2, 0.25) is 0 Å². The van der Waals surface area contributed by atoms with Gasteiger partial charge >= 0.3 is 0 Å². The zero-order chi connectivity index (χ0) is 15.4. The number of anilines is 1. The van der Waals surface area contributed by atoms with E-state index in [2.05, 4.69) is 21.2 Å². The topological polar surface area (TPSA) is 72.2 Å². The molecule has 1 amide bonds. The average Bonchev–Trinajstić information content (AvgIpc) is 2.47. The molecule has 0 bridgehead atoms. The standard InChI is InChI=1S/C14H10BrClN2O3/c15-8-9-1-3-12(4-2-9)17-14(19)10-5-11(16)7-13(6-10)18(20)21/h1-7H,8H2,(H,17,19). The Balaban J connectivity index is 2.21. The summed E-state index contributed by atoms with van der Waals surface area (Å²) >= 11 is 9.12. The summed E-state index contributed by atoms with van der Waals surface area (Å²) in [6.45, 7) is 0. The van der Waals surface area contributed by atoms with Gasteiger partial charge in [-0.3, -0.25) is 14.9 Å². The van der Waals surface area contributed by atoms with E-state index in [4.69, 9.17) is 11.6 Å². The molecule has 0 heterocycles. The molecule has 2 rings (SSSR count). The van der Waals surface area contributed by atoms with E-state index < -0.39 is 10.8 Å². The summed E-state index contributed by atoms with van der Waals surface area (Å²) in [6.07, 6.45) is 0. The molecule has 0 saturated heterocycles. The van der Waals surface area contributed by atoms with Crippen molar-refractivity contribution in [3.05, 3.63) is 68.7 Å². The molecule has 0 spiro atoms. The number of rotatable bonds is 4. The van der Waals surface area contributed by atoms with Crippen LogP contribution in [0.5, 0.6) is 0 Å². The van der Waals surface area contributed by atoms with Gasteiger partial charge in [0.15, 0.2) is 0 Å². The van der Waals surface area contributed by atoms with Crippen molar-refractivity contribution in [1.29, 1.82) is 0 Å². The van der Waals surface area contributed by atoms with Crippen LogP contribution in [0, 0.1) is 10.1 Å². The first kappa shape index (κ1) is 15.5. The molecule has 0 atom stereocenters. The fraction of sp³-hybridized carbons (Fsp3) is 0.0714. The maximum absolute atomic E-state index is 12.1. The van der Waals surface area contributed by atoms with Crippen LogP contribution < -0.4 is 5.32 Å². The summed E-state index contributed by atoms with van der Waals surface area (Å²) in [4.78, 5) is 22.3. The van der Waals surface area contributed by atoms with Crippen molar-refractivity contribution >= 4 is 44.8 Å². The van der Waals surface area contributed by atoms with Gasteiger partial charge in [0, 0.05) is 33.7 Å². The quantitative estimate of drug-likeness (QED) is 0.493. The predicted octanol–water partition coefficient (Wildman–Crippen LogP) is 4.40. The van der Waals surface area contributed by atoms with E-state index in [-0.39, 0.29) is 16.3 Å². The Morgan fingerprint density at radius 1 is 1.24 bits per heavy atom. The summed E-state index contributed by atoms with van der Waals surface area (Å²) in [6, 6.07) is 11.0. The van der Waals surface area contributed by atoms with Gasteiger partial charge in [-0.15, -0.1) is 0 Å². The second-order valence-corrected chi connectivity index (χ2v) is 5.24. The highest BCUT2D eigenvalue weighted by atomic mass is 79.9. The minimum atomic E-state index is -0.590. The number of halogens is 2. The summed E-state index contributed by atoms with van der Waals surface area (Å²) in [5, 5.41) is 14.3. The number of nitrogens with zero attached hydrogens (tertiary/aromatic N) is 1. The zero-order valence-corrected chi connectivity index (χ0v) is 13.0. The minimum absolute atomic E-state index is 0.138. The van der Waals surface area contributed by atoms with Gasteiger partial charge in [-0.05, 0) is 23.8 Å². The van der Waals surface area contributed by atoms with Crippen LogP contribution in [0.1, 0.15) is 15.9 Å². The van der Waals surface area contributed by atoms with E-state index >= 15 is 0 Å². The lowest BCUT2D eigenvalue weighted by Gasteiger charge is -2.06. The highest BCUT2D eigenvalue weighted by Crippen LogP contribution is 2.22. The van der Waals surface area contributed by atoms with Crippen LogP contribution in [-0.2, 0) is 5.33 Å². The number of carbonyl (C=O) groups is 1. The molecular formula is C14H10BrClN2O3. The summed E-state index contributed by atoms with van der Waals surface area (Å²) in [5.74, 6) is -0.452. The first-order valence-electron chi connectivity index (χ1n) is 5.91. The van der Waals surface area contributed by atoms with E-state index in [9.17, 15) is 14.9 Å². The third-order valence-corrected chi connectivity index (χ3v) is 3.59. The molecule has 1 N–H and O–H groups in total. The first-order valence-corrected chi connectivity index (χ1v) is 7.41. The summed E-state index contributed by atoms with van der Waals surface area (Å²) in [7, 11) is 0. The van der Waals surface area contributed by atoms with Crippen molar-refractivity contribution in [2.24, 2.45) is 0 Å². The number of hydrogen-bond donors (Lipinski definition) is 1. The molecule has 0 saturated carbocycles. The molecule has 2 aromatic carbocycles. The number of non-ortho nitro benzene ring substituents is 1. The van der Waals surface area contributed by atoms with Crippen LogP contribution >= 0.6 is 27.5 Å². The lowest BCUT2D eigenvalue weighted by molar-refractivity contribution is -0.384. The van der Waals surface area contributed by atoms with Crippen molar-refractivity contribution in [3.63, 3.8) is 0 Å². The predicted molar refractivity (Wildman–Crippen MR) is 85.1 cm³/mol. The van der Waals surface area contributed by atoms with Crippen LogP contribution in [-0.4, -0.2) is 10.8 Å². The number of nitro groups is 1. The Hall–Kier alpha value is -1.92. The van der Waals surface area contributed by atoms with E-state index in [1.165, 1.54) is 18.2 Å². The Bertz CT molecular complexity index is 689. The fourth-order valence-corrected chi connectivity index (χ4v) is 2.29. The number of amides is 1. The van der Waals surface area contributed by atoms with Crippen LogP contribution in [0.4, 0.5) is 11.4 Å². The highest BCUT2D eigenvalue weighted by molar-refractivity contribution is 9.08. The van der Waals surface area contributed by atoms with Gasteiger partial charge < -0.3 is 5.32 Å². The van der Waals surface area contributed by atoms with Crippen LogP contribution in [0.2, 0.25) is 5.02 Å². The van der Waals surface area contributed by atoms with E-state index in [1.54, 1.807) is 12.1 Å². The largest absolute Gasteiger partial charge is 0.322 e. The fourth-order valence-electron chi connectivity index (χ4n) is 1.69. The molecule has 7 heteroatoms. The second-order valence-electron chi connectivity index (χ2n) is 4.24. The zero-order valence-electron chi connectivity index (χ0n) is 10.7. The Labute approximate surface area is 134 Å². The molecule has 21 heavy (non-hydrogen) atoms. The van der Waals surface area contributed by atoms with Crippen molar-refractivity contribution in [3.8, 4) is 0 Å². The number of benzene rings is 2. The van der Waals surface area contributed by atoms with Gasteiger partial charge in [-0.1, -0.05) is 39.7 Å². The molecule has 108 valence electrons. The molecular weight excluding hydrogens is 360 g/mol. The van der Waals surface area contributed by atoms with Gasteiger partial charge in [0.25, 0.3) is 11.6 Å². The number of nitro benzene ring substituents is 1. The van der Waals surface area contributed by atoms with Crippen LogP contribution in [0.15, 0.2) is 42.5 Å². The average molecular weight is 370 g/mol. The molecule has 0 aliphatic carbocycles. The molecule has 0 radical (unpaired) electrons. The Morgan fingerprint density at radius 3 is 2.48 bits per heavy atom. The van der Waals surface area contributed by atoms with Crippen molar-refractivity contribution in [2.75, 3.05) is 5.32 Å². The van der Waals surface area contributed by atoms with Crippen molar-refractivity contribution < 1.29 is 9.72 Å². The van der Waals surface area contributed by atoms with E-state index in [0.717, 1.165) is 10.9 Å². The van der Waals surface area contributed by atoms with Gasteiger partial charge in [-0.2, -0.15) is 0 Å². The third-order valence-electron chi connectivity index (χ3n) is 2.72. The monoisotopic (exact) mass is 368 g/mol. The number of nitrogens with one attached hydrogen (secondary N) is 1. The first-order chi connectivity index (χ1) is 9.99. The SMILES string of the molecule is O=C(Nc1ccc(CBr)cc1)c1cc(Cl)cc([N+](=O)[O-])c1. The number of hydrogen-bond acceptors (Lipinski definition) is 3. The summed E-state index contributed by atoms with van der Waals surface area (Å²) in [5.41, 5.74) is 1.60. The lowest BCUT2D eigenvalue weighted by Crippen LogP contribution is -2.12. The molecule has 0 unspecified atom stereocenters. The number of alkyl halides is 1. The van der Waals surface area contributed by atoms with Crippen molar-refractivity contribution in [2.45, 2.75) is 5.33 Å². The van der Waals surface area contributed by atoms with Gasteiger partial charge in [0.1, 0.15) is 0 Å². The molecule has 0 aromatic heterocycles. The normalized spacial score (nSPS) is 10.2. The van der Waals surface area contributed by atoms with E-state index in [1.807, 2.05) is 12.1 Å². The van der Waals surface area contributed by atoms with Crippen LogP contribution in [0.25, 0.3) is 0 Å². The highest BCUT2D eigenvalue weighted by Gasteiger charge is 2.14. The minimum Gasteiger partial charge on any atom is -0.322 e.